The lowest BCUT2D eigenvalue weighted by molar-refractivity contribution is 0.228. The molecule has 2 N–H and O–H groups in total. The number of methoxy groups -OCH3 is 1. The van der Waals surface area contributed by atoms with E-state index in [1.807, 2.05) is 12.1 Å². The second kappa shape index (κ2) is 8.09. The van der Waals surface area contributed by atoms with Crippen LogP contribution < -0.4 is 10.1 Å². The summed E-state index contributed by atoms with van der Waals surface area (Å²) < 4.78 is 5.11. The third-order valence-electron chi connectivity index (χ3n) is 2.85. The fourth-order valence-corrected chi connectivity index (χ4v) is 1.64. The van der Waals surface area contributed by atoms with Gasteiger partial charge in [-0.3, -0.25) is 0 Å². The van der Waals surface area contributed by atoms with Gasteiger partial charge in [0.25, 0.3) is 0 Å². The van der Waals surface area contributed by atoms with Gasteiger partial charge in [-0.15, -0.1) is 0 Å². The number of rotatable bonds is 8. The van der Waals surface area contributed by atoms with E-state index in [4.69, 9.17) is 9.84 Å². The summed E-state index contributed by atoms with van der Waals surface area (Å²) in [5.41, 5.74) is 1.26. The molecule has 3 nitrogen and oxygen atoms in total. The first kappa shape index (κ1) is 14.0. The van der Waals surface area contributed by atoms with Crippen LogP contribution >= 0.6 is 0 Å². The van der Waals surface area contributed by atoms with Crippen molar-refractivity contribution in [1.29, 1.82) is 0 Å². The highest BCUT2D eigenvalue weighted by atomic mass is 16.5. The Hall–Kier alpha value is -1.06. The Morgan fingerprint density at radius 2 is 2.00 bits per heavy atom. The number of hydrogen-bond acceptors (Lipinski definition) is 3. The lowest BCUT2D eigenvalue weighted by Gasteiger charge is -2.08. The van der Waals surface area contributed by atoms with Gasteiger partial charge in [0.15, 0.2) is 0 Å². The molecule has 17 heavy (non-hydrogen) atoms. The normalized spacial score (nSPS) is 12.4. The second-order valence-corrected chi connectivity index (χ2v) is 4.45. The summed E-state index contributed by atoms with van der Waals surface area (Å²) in [6.07, 6.45) is 2.18. The molecule has 1 aromatic rings. The van der Waals surface area contributed by atoms with Crippen LogP contribution in [-0.2, 0) is 6.54 Å². The van der Waals surface area contributed by atoms with Crippen molar-refractivity contribution in [1.82, 2.24) is 5.32 Å². The maximum Gasteiger partial charge on any atom is 0.118 e. The number of hydrogen-bond donors (Lipinski definition) is 2. The van der Waals surface area contributed by atoms with Crippen molar-refractivity contribution in [3.05, 3.63) is 29.8 Å². The van der Waals surface area contributed by atoms with E-state index >= 15 is 0 Å². The molecule has 0 amide bonds. The molecule has 1 aromatic carbocycles. The monoisotopic (exact) mass is 237 g/mol. The number of nitrogens with one attached hydrogen (secondary N) is 1. The maximum absolute atomic E-state index is 8.89. The highest BCUT2D eigenvalue weighted by Crippen LogP contribution is 2.11. The second-order valence-electron chi connectivity index (χ2n) is 4.45. The van der Waals surface area contributed by atoms with Gasteiger partial charge in [-0.05, 0) is 43.0 Å². The summed E-state index contributed by atoms with van der Waals surface area (Å²) >= 11 is 0. The van der Waals surface area contributed by atoms with Crippen molar-refractivity contribution in [2.75, 3.05) is 20.3 Å². The zero-order valence-corrected chi connectivity index (χ0v) is 10.8. The number of aliphatic hydroxyl groups is 1. The van der Waals surface area contributed by atoms with Gasteiger partial charge in [0.2, 0.25) is 0 Å². The molecule has 0 saturated carbocycles. The fourth-order valence-electron chi connectivity index (χ4n) is 1.64. The van der Waals surface area contributed by atoms with E-state index in [9.17, 15) is 0 Å². The first-order valence-electron chi connectivity index (χ1n) is 6.20. The van der Waals surface area contributed by atoms with Gasteiger partial charge < -0.3 is 15.2 Å². The summed E-state index contributed by atoms with van der Waals surface area (Å²) in [5.74, 6) is 1.31. The Morgan fingerprint density at radius 3 is 2.59 bits per heavy atom. The smallest absolute Gasteiger partial charge is 0.118 e. The Morgan fingerprint density at radius 1 is 1.29 bits per heavy atom. The first-order valence-corrected chi connectivity index (χ1v) is 6.20. The van der Waals surface area contributed by atoms with E-state index in [0.717, 1.165) is 31.7 Å². The van der Waals surface area contributed by atoms with Crippen LogP contribution in [0.2, 0.25) is 0 Å². The third-order valence-corrected chi connectivity index (χ3v) is 2.85. The highest BCUT2D eigenvalue weighted by Gasteiger charge is 1.99. The van der Waals surface area contributed by atoms with Crippen LogP contribution in [0.25, 0.3) is 0 Å². The summed E-state index contributed by atoms with van der Waals surface area (Å²) in [6.45, 7) is 4.25. The topological polar surface area (TPSA) is 41.5 Å². The molecule has 3 heteroatoms. The molecule has 1 unspecified atom stereocenters. The summed E-state index contributed by atoms with van der Waals surface area (Å²) in [7, 11) is 1.68. The minimum Gasteiger partial charge on any atom is -0.497 e. The predicted molar refractivity (Wildman–Crippen MR) is 70.2 cm³/mol. The molecule has 0 radical (unpaired) electrons. The van der Waals surface area contributed by atoms with E-state index in [-0.39, 0.29) is 0 Å². The lowest BCUT2D eigenvalue weighted by Crippen LogP contribution is -2.15. The predicted octanol–water partition coefficient (Wildman–Crippen LogP) is 2.19. The van der Waals surface area contributed by atoms with Crippen LogP contribution in [-0.4, -0.2) is 25.4 Å². The SMILES string of the molecule is COc1ccc(CNCCCC(C)CO)cc1. The van der Waals surface area contributed by atoms with Crippen molar-refractivity contribution >= 4 is 0 Å². The lowest BCUT2D eigenvalue weighted by atomic mass is 10.1. The van der Waals surface area contributed by atoms with Gasteiger partial charge in [-0.25, -0.2) is 0 Å². The van der Waals surface area contributed by atoms with Crippen molar-refractivity contribution in [2.24, 2.45) is 5.92 Å². The zero-order valence-electron chi connectivity index (χ0n) is 10.8. The molecule has 0 fully saturated rings. The fraction of sp³-hybridized carbons (Fsp3) is 0.571. The van der Waals surface area contributed by atoms with Crippen LogP contribution in [0.15, 0.2) is 24.3 Å². The van der Waals surface area contributed by atoms with E-state index in [1.165, 1.54) is 5.56 Å². The molecule has 0 aliphatic rings. The first-order chi connectivity index (χ1) is 8.26. The molecule has 96 valence electrons. The largest absolute Gasteiger partial charge is 0.497 e. The van der Waals surface area contributed by atoms with E-state index in [0.29, 0.717) is 12.5 Å². The van der Waals surface area contributed by atoms with Gasteiger partial charge in [0.1, 0.15) is 5.75 Å². The minimum absolute atomic E-state index is 0.290. The van der Waals surface area contributed by atoms with Crippen LogP contribution in [0.1, 0.15) is 25.3 Å². The van der Waals surface area contributed by atoms with Gasteiger partial charge in [-0.1, -0.05) is 19.1 Å². The number of ether oxygens (including phenoxy) is 1. The highest BCUT2D eigenvalue weighted by molar-refractivity contribution is 5.26. The molecule has 1 atom stereocenters. The quantitative estimate of drug-likeness (QED) is 0.681. The molecule has 0 heterocycles. The number of benzene rings is 1. The van der Waals surface area contributed by atoms with Gasteiger partial charge in [-0.2, -0.15) is 0 Å². The van der Waals surface area contributed by atoms with Crippen molar-refractivity contribution in [2.45, 2.75) is 26.3 Å². The van der Waals surface area contributed by atoms with Gasteiger partial charge in [0.05, 0.1) is 7.11 Å². The molecule has 0 aromatic heterocycles. The van der Waals surface area contributed by atoms with E-state index < -0.39 is 0 Å². The average molecular weight is 237 g/mol. The summed E-state index contributed by atoms with van der Waals surface area (Å²) in [5, 5.41) is 12.3. The van der Waals surface area contributed by atoms with Crippen molar-refractivity contribution in [3.63, 3.8) is 0 Å². The van der Waals surface area contributed by atoms with Gasteiger partial charge in [0, 0.05) is 13.2 Å². The van der Waals surface area contributed by atoms with Crippen LogP contribution in [0, 0.1) is 5.92 Å². The number of aliphatic hydroxyl groups excluding tert-OH is 1. The Balaban J connectivity index is 2.13. The van der Waals surface area contributed by atoms with E-state index in [2.05, 4.69) is 24.4 Å². The molecule has 0 saturated heterocycles. The van der Waals surface area contributed by atoms with Crippen molar-refractivity contribution in [3.8, 4) is 5.75 Å². The molecule has 0 bridgehead atoms. The van der Waals surface area contributed by atoms with Crippen LogP contribution in [0.4, 0.5) is 0 Å². The van der Waals surface area contributed by atoms with Crippen molar-refractivity contribution < 1.29 is 9.84 Å². The third kappa shape index (κ3) is 5.71. The maximum atomic E-state index is 8.89. The summed E-state index contributed by atoms with van der Waals surface area (Å²) in [6, 6.07) is 8.10. The molecule has 0 spiro atoms. The standard InChI is InChI=1S/C14H23NO2/c1-12(11-16)4-3-9-15-10-13-5-7-14(17-2)8-6-13/h5-8,12,15-16H,3-4,9-11H2,1-2H3. The Kier molecular flexibility index (Phi) is 6.67. The summed E-state index contributed by atoms with van der Waals surface area (Å²) in [4.78, 5) is 0. The molecule has 1 rings (SSSR count). The van der Waals surface area contributed by atoms with Crippen LogP contribution in [0.5, 0.6) is 5.75 Å². The average Bonchev–Trinajstić information content (AvgIpc) is 2.38. The molecule has 0 aliphatic carbocycles. The van der Waals surface area contributed by atoms with Crippen LogP contribution in [0.3, 0.4) is 0 Å². The Labute approximate surface area is 104 Å². The van der Waals surface area contributed by atoms with E-state index in [1.54, 1.807) is 7.11 Å². The minimum atomic E-state index is 0.290. The molecule has 0 aliphatic heterocycles. The Bertz CT molecular complexity index is 298. The van der Waals surface area contributed by atoms with Gasteiger partial charge >= 0.3 is 0 Å². The molecular formula is C14H23NO2. The zero-order chi connectivity index (χ0) is 12.5. The molecular weight excluding hydrogens is 214 g/mol.